The number of benzene rings is 1. The summed E-state index contributed by atoms with van der Waals surface area (Å²) in [6, 6.07) is 7.38. The van der Waals surface area contributed by atoms with Crippen molar-refractivity contribution < 1.29 is 4.79 Å². The van der Waals surface area contributed by atoms with Gasteiger partial charge in [0.15, 0.2) is 0 Å². The highest BCUT2D eigenvalue weighted by Crippen LogP contribution is 2.24. The van der Waals surface area contributed by atoms with Gasteiger partial charge in [0.25, 0.3) is 0 Å². The van der Waals surface area contributed by atoms with Crippen molar-refractivity contribution >= 4 is 29.3 Å². The third-order valence-corrected chi connectivity index (χ3v) is 3.46. The average molecular weight is 245 g/mol. The van der Waals surface area contributed by atoms with Crippen molar-refractivity contribution in [2.24, 2.45) is 11.5 Å². The second-order valence-electron chi connectivity index (χ2n) is 3.53. The van der Waals surface area contributed by atoms with Gasteiger partial charge in [-0.1, -0.05) is 17.7 Å². The van der Waals surface area contributed by atoms with Crippen molar-refractivity contribution in [1.82, 2.24) is 0 Å². The van der Waals surface area contributed by atoms with Crippen LogP contribution in [0.4, 0.5) is 0 Å². The van der Waals surface area contributed by atoms with E-state index in [1.807, 2.05) is 18.2 Å². The molecule has 82 valence electrons. The molecule has 0 spiro atoms. The molecule has 0 aliphatic rings. The van der Waals surface area contributed by atoms with E-state index in [1.165, 1.54) is 11.8 Å². The van der Waals surface area contributed by atoms with Crippen LogP contribution in [0.5, 0.6) is 0 Å². The first kappa shape index (κ1) is 12.4. The van der Waals surface area contributed by atoms with Crippen LogP contribution in [0, 0.1) is 0 Å². The summed E-state index contributed by atoms with van der Waals surface area (Å²) >= 11 is 7.28. The second-order valence-corrected chi connectivity index (χ2v) is 5.01. The SMILES string of the molecule is CC(N)(CSc1cccc(Cl)c1)C(N)=O. The van der Waals surface area contributed by atoms with Gasteiger partial charge < -0.3 is 11.5 Å². The normalized spacial score (nSPS) is 14.6. The summed E-state index contributed by atoms with van der Waals surface area (Å²) in [5, 5.41) is 0.665. The summed E-state index contributed by atoms with van der Waals surface area (Å²) in [5.74, 6) is -0.0695. The molecule has 0 aliphatic heterocycles. The molecule has 5 heteroatoms. The van der Waals surface area contributed by atoms with E-state index in [2.05, 4.69) is 0 Å². The highest BCUT2D eigenvalue weighted by Gasteiger charge is 2.25. The van der Waals surface area contributed by atoms with Crippen LogP contribution in [0.2, 0.25) is 5.02 Å². The molecule has 0 aromatic heterocycles. The van der Waals surface area contributed by atoms with E-state index in [-0.39, 0.29) is 0 Å². The molecule has 1 aromatic rings. The van der Waals surface area contributed by atoms with Crippen LogP contribution in [0.25, 0.3) is 0 Å². The zero-order chi connectivity index (χ0) is 11.5. The molecule has 0 bridgehead atoms. The quantitative estimate of drug-likeness (QED) is 0.791. The zero-order valence-corrected chi connectivity index (χ0v) is 9.94. The maximum Gasteiger partial charge on any atom is 0.238 e. The standard InChI is InChI=1S/C10H13ClN2OS/c1-10(13,9(12)14)6-15-8-4-2-3-7(11)5-8/h2-5H,6,13H2,1H3,(H2,12,14). The van der Waals surface area contributed by atoms with Gasteiger partial charge in [-0.05, 0) is 25.1 Å². The smallest absolute Gasteiger partial charge is 0.238 e. The number of nitrogens with two attached hydrogens (primary N) is 2. The van der Waals surface area contributed by atoms with E-state index in [9.17, 15) is 4.79 Å². The van der Waals surface area contributed by atoms with Gasteiger partial charge in [0.1, 0.15) is 5.54 Å². The molecule has 4 N–H and O–H groups in total. The van der Waals surface area contributed by atoms with Gasteiger partial charge in [0.2, 0.25) is 5.91 Å². The van der Waals surface area contributed by atoms with Crippen molar-refractivity contribution in [2.75, 3.05) is 5.75 Å². The lowest BCUT2D eigenvalue weighted by Gasteiger charge is -2.19. The molecule has 0 heterocycles. The second kappa shape index (κ2) is 4.88. The summed E-state index contributed by atoms with van der Waals surface area (Å²) in [7, 11) is 0. The molecule has 1 unspecified atom stereocenters. The number of carbonyl (C=O) groups excluding carboxylic acids is 1. The summed E-state index contributed by atoms with van der Waals surface area (Å²) in [5.41, 5.74) is 9.88. The van der Waals surface area contributed by atoms with Crippen molar-refractivity contribution in [2.45, 2.75) is 17.4 Å². The lowest BCUT2D eigenvalue weighted by molar-refractivity contribution is -0.121. The van der Waals surface area contributed by atoms with E-state index in [1.54, 1.807) is 13.0 Å². The van der Waals surface area contributed by atoms with Gasteiger partial charge >= 0.3 is 0 Å². The summed E-state index contributed by atoms with van der Waals surface area (Å²) < 4.78 is 0. The summed E-state index contributed by atoms with van der Waals surface area (Å²) in [6.45, 7) is 1.62. The molecule has 1 amide bonds. The lowest BCUT2D eigenvalue weighted by Crippen LogP contribution is -2.51. The maximum absolute atomic E-state index is 11.0. The number of primary amides is 1. The van der Waals surface area contributed by atoms with Crippen LogP contribution in [0.3, 0.4) is 0 Å². The summed E-state index contributed by atoms with van der Waals surface area (Å²) in [6.07, 6.45) is 0. The van der Waals surface area contributed by atoms with Crippen molar-refractivity contribution in [3.8, 4) is 0 Å². The predicted molar refractivity (Wildman–Crippen MR) is 64.0 cm³/mol. The van der Waals surface area contributed by atoms with Gasteiger partial charge in [-0.25, -0.2) is 0 Å². The fraction of sp³-hybridized carbons (Fsp3) is 0.300. The molecule has 15 heavy (non-hydrogen) atoms. The zero-order valence-electron chi connectivity index (χ0n) is 8.37. The molecule has 0 fully saturated rings. The van der Waals surface area contributed by atoms with Crippen LogP contribution in [-0.4, -0.2) is 17.2 Å². The van der Waals surface area contributed by atoms with Gasteiger partial charge in [0.05, 0.1) is 0 Å². The molecular formula is C10H13ClN2OS. The fourth-order valence-electron chi connectivity index (χ4n) is 0.861. The van der Waals surface area contributed by atoms with Crippen molar-refractivity contribution in [3.05, 3.63) is 29.3 Å². The molecule has 3 nitrogen and oxygen atoms in total. The molecular weight excluding hydrogens is 232 g/mol. The minimum Gasteiger partial charge on any atom is -0.368 e. The number of thioether (sulfide) groups is 1. The Morgan fingerprint density at radius 1 is 1.60 bits per heavy atom. The van der Waals surface area contributed by atoms with E-state index in [0.29, 0.717) is 10.8 Å². The third kappa shape index (κ3) is 3.74. The summed E-state index contributed by atoms with van der Waals surface area (Å²) in [4.78, 5) is 11.9. The van der Waals surface area contributed by atoms with E-state index >= 15 is 0 Å². The number of hydrogen-bond donors (Lipinski definition) is 2. The third-order valence-electron chi connectivity index (χ3n) is 1.90. The number of halogens is 1. The molecule has 0 saturated heterocycles. The molecule has 1 atom stereocenters. The topological polar surface area (TPSA) is 69.1 Å². The Kier molecular flexibility index (Phi) is 4.02. The Morgan fingerprint density at radius 2 is 2.27 bits per heavy atom. The Morgan fingerprint density at radius 3 is 2.80 bits per heavy atom. The highest BCUT2D eigenvalue weighted by atomic mass is 35.5. The molecule has 1 aromatic carbocycles. The van der Waals surface area contributed by atoms with Crippen LogP contribution in [0.1, 0.15) is 6.92 Å². The Balaban J connectivity index is 2.61. The van der Waals surface area contributed by atoms with Crippen LogP contribution in [0.15, 0.2) is 29.2 Å². The van der Waals surface area contributed by atoms with Crippen LogP contribution < -0.4 is 11.5 Å². The molecule has 0 radical (unpaired) electrons. The highest BCUT2D eigenvalue weighted by molar-refractivity contribution is 7.99. The predicted octanol–water partition coefficient (Wildman–Crippen LogP) is 1.63. The number of amides is 1. The minimum atomic E-state index is -0.993. The van der Waals surface area contributed by atoms with E-state index in [0.717, 1.165) is 4.90 Å². The van der Waals surface area contributed by atoms with Crippen LogP contribution in [-0.2, 0) is 4.79 Å². The minimum absolute atomic E-state index is 0.433. The lowest BCUT2D eigenvalue weighted by atomic mass is 10.1. The van der Waals surface area contributed by atoms with Crippen molar-refractivity contribution in [3.63, 3.8) is 0 Å². The Bertz CT molecular complexity index is 368. The van der Waals surface area contributed by atoms with Gasteiger partial charge in [-0.3, -0.25) is 4.79 Å². The molecule has 0 saturated carbocycles. The number of hydrogen-bond acceptors (Lipinski definition) is 3. The van der Waals surface area contributed by atoms with Gasteiger partial charge in [-0.2, -0.15) is 0 Å². The largest absolute Gasteiger partial charge is 0.368 e. The first-order valence-corrected chi connectivity index (χ1v) is 5.75. The maximum atomic E-state index is 11.0. The number of carbonyl (C=O) groups is 1. The average Bonchev–Trinajstić information content (AvgIpc) is 2.15. The van der Waals surface area contributed by atoms with E-state index in [4.69, 9.17) is 23.1 Å². The van der Waals surface area contributed by atoms with E-state index < -0.39 is 11.4 Å². The first-order valence-electron chi connectivity index (χ1n) is 4.39. The van der Waals surface area contributed by atoms with Gasteiger partial charge in [-0.15, -0.1) is 11.8 Å². The Hall–Kier alpha value is -0.710. The van der Waals surface area contributed by atoms with Crippen LogP contribution >= 0.6 is 23.4 Å². The molecule has 0 aliphatic carbocycles. The molecule has 1 rings (SSSR count). The van der Waals surface area contributed by atoms with Crippen molar-refractivity contribution in [1.29, 1.82) is 0 Å². The van der Waals surface area contributed by atoms with Gasteiger partial charge in [0, 0.05) is 15.7 Å². The fourth-order valence-corrected chi connectivity index (χ4v) is 2.11. The first-order chi connectivity index (χ1) is 6.92. The number of rotatable bonds is 4. The Labute approximate surface area is 98.2 Å². The monoisotopic (exact) mass is 244 g/mol.